The van der Waals surface area contributed by atoms with Crippen molar-refractivity contribution in [1.82, 2.24) is 5.32 Å². The van der Waals surface area contributed by atoms with Crippen molar-refractivity contribution in [3.63, 3.8) is 0 Å². The molecule has 0 saturated heterocycles. The van der Waals surface area contributed by atoms with E-state index in [2.05, 4.69) is 5.32 Å². The Balaban J connectivity index is 2.40. The first kappa shape index (κ1) is 14.9. The van der Waals surface area contributed by atoms with E-state index in [0.29, 0.717) is 38.7 Å². The number of nitrogens with one attached hydrogen (secondary N) is 1. The number of benzene rings is 1. The van der Waals surface area contributed by atoms with E-state index < -0.39 is 0 Å². The van der Waals surface area contributed by atoms with Crippen LogP contribution in [0.1, 0.15) is 5.56 Å². The largest absolute Gasteiger partial charge is 0.488 e. The molecule has 0 fully saturated rings. The third-order valence-electron chi connectivity index (χ3n) is 2.32. The number of methoxy groups -OCH3 is 1. The second kappa shape index (κ2) is 8.85. The highest BCUT2D eigenvalue weighted by Crippen LogP contribution is 2.22. The van der Waals surface area contributed by atoms with E-state index in [0.717, 1.165) is 5.56 Å². The van der Waals surface area contributed by atoms with E-state index in [9.17, 15) is 4.39 Å². The third kappa shape index (κ3) is 5.00. The highest BCUT2D eigenvalue weighted by molar-refractivity contribution is 5.34. The van der Waals surface area contributed by atoms with Crippen LogP contribution in [0.15, 0.2) is 18.2 Å². The Morgan fingerprint density at radius 1 is 1.17 bits per heavy atom. The van der Waals surface area contributed by atoms with Crippen molar-refractivity contribution in [3.05, 3.63) is 29.6 Å². The van der Waals surface area contributed by atoms with Crippen molar-refractivity contribution in [3.8, 4) is 5.75 Å². The lowest BCUT2D eigenvalue weighted by Gasteiger charge is -2.12. The van der Waals surface area contributed by atoms with Crippen molar-refractivity contribution in [1.29, 1.82) is 0 Å². The Morgan fingerprint density at radius 3 is 2.67 bits per heavy atom. The SMILES string of the molecule is CNCc1cccc(F)c1OCCOCCOC. The average Bonchev–Trinajstić information content (AvgIpc) is 2.36. The molecule has 0 atom stereocenters. The van der Waals surface area contributed by atoms with Crippen LogP contribution in [0.3, 0.4) is 0 Å². The topological polar surface area (TPSA) is 39.7 Å². The van der Waals surface area contributed by atoms with Crippen molar-refractivity contribution in [2.24, 2.45) is 0 Å². The number of hydrogen-bond acceptors (Lipinski definition) is 4. The molecule has 0 saturated carbocycles. The monoisotopic (exact) mass is 257 g/mol. The molecule has 0 heterocycles. The fourth-order valence-corrected chi connectivity index (χ4v) is 1.49. The number of hydrogen-bond donors (Lipinski definition) is 1. The molecule has 0 unspecified atom stereocenters. The molecule has 0 aliphatic carbocycles. The van der Waals surface area contributed by atoms with E-state index in [-0.39, 0.29) is 5.82 Å². The summed E-state index contributed by atoms with van der Waals surface area (Å²) in [4.78, 5) is 0. The summed E-state index contributed by atoms with van der Waals surface area (Å²) in [6.07, 6.45) is 0. The first-order valence-electron chi connectivity index (χ1n) is 5.91. The van der Waals surface area contributed by atoms with E-state index >= 15 is 0 Å². The van der Waals surface area contributed by atoms with Gasteiger partial charge in [0, 0.05) is 19.2 Å². The molecule has 0 radical (unpaired) electrons. The Labute approximate surface area is 107 Å². The Morgan fingerprint density at radius 2 is 1.94 bits per heavy atom. The summed E-state index contributed by atoms with van der Waals surface area (Å²) >= 11 is 0. The van der Waals surface area contributed by atoms with Crippen LogP contribution in [0.25, 0.3) is 0 Å². The summed E-state index contributed by atoms with van der Waals surface area (Å²) in [5.41, 5.74) is 0.800. The van der Waals surface area contributed by atoms with Gasteiger partial charge >= 0.3 is 0 Å². The molecule has 0 aliphatic rings. The zero-order chi connectivity index (χ0) is 13.2. The summed E-state index contributed by atoms with van der Waals surface area (Å²) in [7, 11) is 3.42. The zero-order valence-corrected chi connectivity index (χ0v) is 10.9. The van der Waals surface area contributed by atoms with Crippen LogP contribution < -0.4 is 10.1 Å². The van der Waals surface area contributed by atoms with Crippen LogP contribution in [0.5, 0.6) is 5.75 Å². The molecule has 0 bridgehead atoms. The van der Waals surface area contributed by atoms with Gasteiger partial charge in [-0.15, -0.1) is 0 Å². The van der Waals surface area contributed by atoms with Crippen molar-refractivity contribution in [2.45, 2.75) is 6.54 Å². The van der Waals surface area contributed by atoms with Gasteiger partial charge in [-0.2, -0.15) is 0 Å². The minimum absolute atomic E-state index is 0.294. The lowest BCUT2D eigenvalue weighted by atomic mass is 10.2. The van der Waals surface area contributed by atoms with Crippen molar-refractivity contribution in [2.75, 3.05) is 40.6 Å². The van der Waals surface area contributed by atoms with Gasteiger partial charge in [-0.25, -0.2) is 4.39 Å². The molecular weight excluding hydrogens is 237 g/mol. The number of halogens is 1. The second-order valence-electron chi connectivity index (χ2n) is 3.71. The van der Waals surface area contributed by atoms with Crippen molar-refractivity contribution < 1.29 is 18.6 Å². The molecule has 5 heteroatoms. The molecule has 4 nitrogen and oxygen atoms in total. The maximum atomic E-state index is 13.6. The minimum Gasteiger partial charge on any atom is -0.488 e. The lowest BCUT2D eigenvalue weighted by molar-refractivity contribution is 0.0536. The molecule has 102 valence electrons. The van der Waals surface area contributed by atoms with Gasteiger partial charge in [0.25, 0.3) is 0 Å². The summed E-state index contributed by atoms with van der Waals surface area (Å²) in [5, 5.41) is 2.98. The van der Waals surface area contributed by atoms with Crippen LogP contribution in [0.2, 0.25) is 0 Å². The molecule has 0 aromatic heterocycles. The molecule has 1 aromatic rings. The highest BCUT2D eigenvalue weighted by atomic mass is 19.1. The number of rotatable bonds is 9. The first-order valence-corrected chi connectivity index (χ1v) is 5.91. The average molecular weight is 257 g/mol. The highest BCUT2D eigenvalue weighted by Gasteiger charge is 2.08. The van der Waals surface area contributed by atoms with Gasteiger partial charge in [-0.3, -0.25) is 0 Å². The van der Waals surface area contributed by atoms with E-state index in [1.807, 2.05) is 13.1 Å². The minimum atomic E-state index is -0.348. The maximum absolute atomic E-state index is 13.6. The summed E-state index contributed by atoms with van der Waals surface area (Å²) in [6.45, 7) is 2.36. The van der Waals surface area contributed by atoms with Crippen molar-refractivity contribution >= 4 is 0 Å². The van der Waals surface area contributed by atoms with Crippen LogP contribution in [0, 0.1) is 5.82 Å². The summed E-state index contributed by atoms with van der Waals surface area (Å²) in [5.74, 6) is -0.0539. The van der Waals surface area contributed by atoms with Gasteiger partial charge in [0.15, 0.2) is 11.6 Å². The third-order valence-corrected chi connectivity index (χ3v) is 2.32. The van der Waals surface area contributed by atoms with E-state index in [4.69, 9.17) is 14.2 Å². The van der Waals surface area contributed by atoms with E-state index in [1.54, 1.807) is 13.2 Å². The number of ether oxygens (including phenoxy) is 3. The van der Waals surface area contributed by atoms with Gasteiger partial charge in [-0.05, 0) is 13.1 Å². The fraction of sp³-hybridized carbons (Fsp3) is 0.538. The lowest BCUT2D eigenvalue weighted by Crippen LogP contribution is -2.13. The number of para-hydroxylation sites is 1. The standard InChI is InChI=1S/C13H20FNO3/c1-15-10-11-4-3-5-12(14)13(11)18-9-8-17-7-6-16-2/h3-5,15H,6-10H2,1-2H3. The van der Waals surface area contributed by atoms with Gasteiger partial charge in [0.05, 0.1) is 19.8 Å². The van der Waals surface area contributed by atoms with Gasteiger partial charge in [0.2, 0.25) is 0 Å². The predicted octanol–water partition coefficient (Wildman–Crippen LogP) is 1.59. The van der Waals surface area contributed by atoms with Crippen LogP contribution in [0.4, 0.5) is 4.39 Å². The Kier molecular flexibility index (Phi) is 7.32. The van der Waals surface area contributed by atoms with Gasteiger partial charge in [0.1, 0.15) is 6.61 Å². The predicted molar refractivity (Wildman–Crippen MR) is 67.4 cm³/mol. The smallest absolute Gasteiger partial charge is 0.165 e. The molecular formula is C13H20FNO3. The molecule has 1 rings (SSSR count). The van der Waals surface area contributed by atoms with Gasteiger partial charge < -0.3 is 19.5 Å². The quantitative estimate of drug-likeness (QED) is 0.682. The molecule has 1 aromatic carbocycles. The fourth-order valence-electron chi connectivity index (χ4n) is 1.49. The molecule has 18 heavy (non-hydrogen) atoms. The second-order valence-corrected chi connectivity index (χ2v) is 3.71. The van der Waals surface area contributed by atoms with E-state index in [1.165, 1.54) is 6.07 Å². The molecule has 1 N–H and O–H groups in total. The molecule has 0 aliphatic heterocycles. The summed E-state index contributed by atoms with van der Waals surface area (Å²) < 4.78 is 29.1. The van der Waals surface area contributed by atoms with Crippen LogP contribution >= 0.6 is 0 Å². The van der Waals surface area contributed by atoms with Crippen LogP contribution in [-0.2, 0) is 16.0 Å². The Bertz CT molecular complexity index is 347. The summed E-state index contributed by atoms with van der Waals surface area (Å²) in [6, 6.07) is 4.89. The van der Waals surface area contributed by atoms with Crippen LogP contribution in [-0.4, -0.2) is 40.6 Å². The first-order chi connectivity index (χ1) is 8.79. The van der Waals surface area contributed by atoms with Gasteiger partial charge in [-0.1, -0.05) is 12.1 Å². The molecule has 0 spiro atoms. The zero-order valence-electron chi connectivity index (χ0n) is 10.9. The normalized spacial score (nSPS) is 10.6. The molecule has 0 amide bonds. The maximum Gasteiger partial charge on any atom is 0.165 e. The Hall–Kier alpha value is -1.17.